The largest absolute Gasteiger partial charge is 0.504 e. The number of hydrogen-bond donors (Lipinski definition) is 4. The normalized spacial score (nSPS) is 10.6. The van der Waals surface area contributed by atoms with Crippen LogP contribution < -0.4 is 15.4 Å². The number of aliphatic carboxylic acids is 1. The quantitative estimate of drug-likeness (QED) is 0.312. The number of carboxylic acids is 1. The number of hydrogen-bond acceptors (Lipinski definition) is 7. The number of Topliss-reactive ketones (excluding diaryl/α,β-unsaturated/α-hetero) is 1. The lowest BCUT2D eigenvalue weighted by Crippen LogP contribution is -2.34. The fourth-order valence-electron chi connectivity index (χ4n) is 2.88. The van der Waals surface area contributed by atoms with Crippen LogP contribution in [0.25, 0.3) is 21.7 Å². The van der Waals surface area contributed by atoms with Crippen LogP contribution >= 0.6 is 12.4 Å². The van der Waals surface area contributed by atoms with Crippen molar-refractivity contribution in [3.05, 3.63) is 36.1 Å². The second-order valence-corrected chi connectivity index (χ2v) is 6.34. The summed E-state index contributed by atoms with van der Waals surface area (Å²) in [4.78, 5) is 34.4. The summed E-state index contributed by atoms with van der Waals surface area (Å²) in [5, 5.41) is 25.7. The molecule has 0 aliphatic carbocycles. The van der Waals surface area contributed by atoms with Crippen molar-refractivity contribution in [2.24, 2.45) is 0 Å². The van der Waals surface area contributed by atoms with Crippen LogP contribution in [0.1, 0.15) is 23.9 Å². The molecule has 0 aliphatic heterocycles. The van der Waals surface area contributed by atoms with Crippen molar-refractivity contribution in [3.63, 3.8) is 0 Å². The topological polar surface area (TPSA) is 138 Å². The van der Waals surface area contributed by atoms with Gasteiger partial charge >= 0.3 is 12.1 Å². The number of benzene rings is 2. The Bertz CT molecular complexity index is 1090. The van der Waals surface area contributed by atoms with Crippen LogP contribution in [0.5, 0.6) is 11.5 Å². The van der Waals surface area contributed by atoms with Crippen LogP contribution in [-0.2, 0) is 4.79 Å². The minimum atomic E-state index is -0.905. The maximum absolute atomic E-state index is 12.3. The second-order valence-electron chi connectivity index (χ2n) is 6.34. The van der Waals surface area contributed by atoms with Crippen molar-refractivity contribution in [3.8, 4) is 11.5 Å². The highest BCUT2D eigenvalue weighted by Gasteiger charge is 2.21. The van der Waals surface area contributed by atoms with Gasteiger partial charge in [0.2, 0.25) is 0 Å². The van der Waals surface area contributed by atoms with E-state index in [9.17, 15) is 19.5 Å². The first-order valence-electron chi connectivity index (χ1n) is 8.94. The lowest BCUT2D eigenvalue weighted by molar-refractivity contribution is -0.136. The molecule has 3 rings (SSSR count). The molecule has 10 heteroatoms. The highest BCUT2D eigenvalue weighted by Crippen LogP contribution is 2.43. The average molecular weight is 437 g/mol. The Kier molecular flexibility index (Phi) is 7.62. The fraction of sp³-hybridized carbons (Fsp3) is 0.250. The fourth-order valence-corrected chi connectivity index (χ4v) is 2.88. The molecule has 3 aromatic rings. The number of phenols is 1. The van der Waals surface area contributed by atoms with Crippen LogP contribution in [0.2, 0.25) is 0 Å². The standard InChI is InChI=1S/C20H20N2O7.ClH/c1-11(23)15-10-14-18(29-20(27)22-9-8-21-7-6-16(24)25)13-5-3-2-4-12(13)17(26)19(14)28-15;/h2-5,10,21,26H,6-9H2,1H3,(H,22,27)(H,24,25);1H. The number of ketones is 1. The molecule has 1 aromatic heterocycles. The summed E-state index contributed by atoms with van der Waals surface area (Å²) >= 11 is 0. The molecule has 2 aromatic carbocycles. The molecule has 0 atom stereocenters. The predicted octanol–water partition coefficient (Wildman–Crippen LogP) is 3.07. The predicted molar refractivity (Wildman–Crippen MR) is 112 cm³/mol. The van der Waals surface area contributed by atoms with Crippen molar-refractivity contribution in [1.82, 2.24) is 10.6 Å². The van der Waals surface area contributed by atoms with E-state index in [0.29, 0.717) is 22.7 Å². The van der Waals surface area contributed by atoms with E-state index in [4.69, 9.17) is 14.3 Å². The van der Waals surface area contributed by atoms with Crippen molar-refractivity contribution >= 4 is 52.0 Å². The lowest BCUT2D eigenvalue weighted by Gasteiger charge is -2.11. The van der Waals surface area contributed by atoms with Crippen LogP contribution in [0.15, 0.2) is 34.7 Å². The molecule has 30 heavy (non-hydrogen) atoms. The van der Waals surface area contributed by atoms with Crippen LogP contribution in [0, 0.1) is 0 Å². The molecule has 0 bridgehead atoms. The molecular formula is C20H21ClN2O7. The lowest BCUT2D eigenvalue weighted by atomic mass is 10.1. The first-order valence-corrected chi connectivity index (χ1v) is 8.94. The molecule has 0 unspecified atom stereocenters. The summed E-state index contributed by atoms with van der Waals surface area (Å²) in [7, 11) is 0. The third-order valence-corrected chi connectivity index (χ3v) is 4.25. The van der Waals surface area contributed by atoms with Crippen molar-refractivity contribution in [2.75, 3.05) is 19.6 Å². The maximum Gasteiger partial charge on any atom is 0.412 e. The highest BCUT2D eigenvalue weighted by molar-refractivity contribution is 6.11. The zero-order chi connectivity index (χ0) is 21.0. The minimum Gasteiger partial charge on any atom is -0.504 e. The zero-order valence-corrected chi connectivity index (χ0v) is 16.9. The maximum atomic E-state index is 12.3. The Morgan fingerprint density at radius 1 is 1.07 bits per heavy atom. The van der Waals surface area contributed by atoms with Gasteiger partial charge in [-0.25, -0.2) is 4.79 Å². The molecule has 0 saturated carbocycles. The van der Waals surface area contributed by atoms with Gasteiger partial charge in [0.1, 0.15) is 0 Å². The minimum absolute atomic E-state index is 0. The zero-order valence-electron chi connectivity index (χ0n) is 16.1. The van der Waals surface area contributed by atoms with E-state index in [-0.39, 0.29) is 60.5 Å². The number of fused-ring (bicyclic) bond motifs is 2. The van der Waals surface area contributed by atoms with Gasteiger partial charge in [0.25, 0.3) is 0 Å². The van der Waals surface area contributed by atoms with Crippen LogP contribution in [0.4, 0.5) is 4.79 Å². The Labute approximate surface area is 177 Å². The molecule has 0 aliphatic rings. The van der Waals surface area contributed by atoms with E-state index in [1.54, 1.807) is 24.3 Å². The van der Waals surface area contributed by atoms with Gasteiger partial charge in [-0.2, -0.15) is 0 Å². The van der Waals surface area contributed by atoms with Gasteiger partial charge in [0, 0.05) is 37.3 Å². The summed E-state index contributed by atoms with van der Waals surface area (Å²) in [5.74, 6) is -1.16. The number of ether oxygens (including phenoxy) is 1. The van der Waals surface area contributed by atoms with E-state index < -0.39 is 12.1 Å². The van der Waals surface area contributed by atoms with Gasteiger partial charge in [-0.3, -0.25) is 9.59 Å². The van der Waals surface area contributed by atoms with Crippen LogP contribution in [0.3, 0.4) is 0 Å². The summed E-state index contributed by atoms with van der Waals surface area (Å²) in [6, 6.07) is 8.22. The number of rotatable bonds is 8. The third-order valence-electron chi connectivity index (χ3n) is 4.25. The molecule has 0 spiro atoms. The number of halogens is 1. The van der Waals surface area contributed by atoms with Gasteiger partial charge in [0.15, 0.2) is 28.6 Å². The number of amides is 1. The molecule has 0 fully saturated rings. The SMILES string of the molecule is CC(=O)c1cc2c(OC(=O)NCCNCCC(=O)O)c3ccccc3c(O)c2o1.Cl. The monoisotopic (exact) mass is 436 g/mol. The summed E-state index contributed by atoms with van der Waals surface area (Å²) < 4.78 is 10.9. The van der Waals surface area contributed by atoms with Crippen molar-refractivity contribution < 1.29 is 33.8 Å². The number of phenolic OH excluding ortho intramolecular Hbond substituents is 1. The summed E-state index contributed by atoms with van der Waals surface area (Å²) in [6.07, 6.45) is -0.742. The number of aromatic hydroxyl groups is 1. The molecular weight excluding hydrogens is 416 g/mol. The molecule has 160 valence electrons. The number of nitrogens with one attached hydrogen (secondary N) is 2. The van der Waals surface area contributed by atoms with E-state index in [1.807, 2.05) is 0 Å². The van der Waals surface area contributed by atoms with E-state index in [2.05, 4.69) is 10.6 Å². The Hall–Kier alpha value is -3.30. The van der Waals surface area contributed by atoms with Gasteiger partial charge in [0.05, 0.1) is 11.8 Å². The molecule has 0 saturated heterocycles. The highest BCUT2D eigenvalue weighted by atomic mass is 35.5. The molecule has 1 heterocycles. The van der Waals surface area contributed by atoms with Gasteiger partial charge in [-0.1, -0.05) is 24.3 Å². The Morgan fingerprint density at radius 3 is 2.43 bits per heavy atom. The van der Waals surface area contributed by atoms with E-state index >= 15 is 0 Å². The second kappa shape index (κ2) is 9.95. The Morgan fingerprint density at radius 2 is 1.77 bits per heavy atom. The van der Waals surface area contributed by atoms with Crippen molar-refractivity contribution in [1.29, 1.82) is 0 Å². The van der Waals surface area contributed by atoms with E-state index in [0.717, 1.165) is 0 Å². The molecule has 4 N–H and O–H groups in total. The van der Waals surface area contributed by atoms with E-state index in [1.165, 1.54) is 13.0 Å². The molecule has 9 nitrogen and oxygen atoms in total. The molecule has 1 amide bonds. The van der Waals surface area contributed by atoms with Crippen molar-refractivity contribution in [2.45, 2.75) is 13.3 Å². The summed E-state index contributed by atoms with van der Waals surface area (Å²) in [6.45, 7) is 2.22. The Balaban J connectivity index is 0.00000320. The smallest absolute Gasteiger partial charge is 0.412 e. The van der Waals surface area contributed by atoms with Gasteiger partial charge in [-0.15, -0.1) is 12.4 Å². The number of carbonyl (C=O) groups excluding carboxylic acids is 2. The number of furan rings is 1. The average Bonchev–Trinajstić information content (AvgIpc) is 3.13. The third kappa shape index (κ3) is 5.00. The van der Waals surface area contributed by atoms with Crippen LogP contribution in [-0.4, -0.2) is 47.7 Å². The molecule has 0 radical (unpaired) electrons. The number of carboxylic acid groups (broad SMARTS) is 1. The first-order chi connectivity index (χ1) is 13.9. The number of carbonyl (C=O) groups is 3. The first kappa shape index (κ1) is 23.0. The van der Waals surface area contributed by atoms with Gasteiger partial charge in [-0.05, 0) is 6.07 Å². The summed E-state index contributed by atoms with van der Waals surface area (Å²) in [5.41, 5.74) is 0.0621. The van der Waals surface area contributed by atoms with Gasteiger partial charge < -0.3 is 30.0 Å².